The van der Waals surface area contributed by atoms with Gasteiger partial charge in [0.25, 0.3) is 10.0 Å². The molecule has 2 rings (SSSR count). The molecule has 0 aliphatic heterocycles. The number of benzene rings is 2. The third-order valence-corrected chi connectivity index (χ3v) is 4.33. The van der Waals surface area contributed by atoms with Crippen molar-refractivity contribution in [2.75, 3.05) is 0 Å². The molecule has 0 amide bonds. The molecule has 0 aliphatic rings. The van der Waals surface area contributed by atoms with Crippen molar-refractivity contribution in [2.24, 2.45) is 5.10 Å². The molecule has 0 fully saturated rings. The third kappa shape index (κ3) is 5.09. The topological polar surface area (TPSA) is 58.5 Å². The summed E-state index contributed by atoms with van der Waals surface area (Å²) >= 11 is 0. The highest BCUT2D eigenvalue weighted by atomic mass is 32.2. The summed E-state index contributed by atoms with van der Waals surface area (Å²) in [5.41, 5.74) is 0.653. The van der Waals surface area contributed by atoms with Crippen molar-refractivity contribution in [1.29, 1.82) is 0 Å². The Hall–Kier alpha value is -2.35. The number of hydrogen-bond acceptors (Lipinski definition) is 3. The summed E-state index contributed by atoms with van der Waals surface area (Å²) in [7, 11) is -4.04. The van der Waals surface area contributed by atoms with E-state index >= 15 is 0 Å². The van der Waals surface area contributed by atoms with Gasteiger partial charge in [0.2, 0.25) is 0 Å². The fourth-order valence-corrected chi connectivity index (χ4v) is 2.74. The first kappa shape index (κ1) is 18.0. The predicted molar refractivity (Wildman–Crippen MR) is 85.2 cm³/mol. The summed E-state index contributed by atoms with van der Waals surface area (Å²) in [5.74, 6) is 0. The largest absolute Gasteiger partial charge is 0.394 e. The number of nitrogens with one attached hydrogen (secondary N) is 1. The van der Waals surface area contributed by atoms with Crippen LogP contribution in [0.25, 0.3) is 0 Å². The quantitative estimate of drug-likeness (QED) is 0.657. The minimum absolute atomic E-state index is 0.0729. The first-order valence-electron chi connectivity index (χ1n) is 6.94. The zero-order valence-electron chi connectivity index (χ0n) is 12.7. The van der Waals surface area contributed by atoms with E-state index in [1.165, 1.54) is 24.3 Å². The molecule has 1 N–H and O–H groups in total. The monoisotopic (exact) mass is 356 g/mol. The third-order valence-electron chi connectivity index (χ3n) is 3.11. The molecule has 2 aromatic rings. The number of hydrazone groups is 1. The number of rotatable bonds is 5. The summed E-state index contributed by atoms with van der Waals surface area (Å²) in [6.45, 7) is 1.79. The van der Waals surface area contributed by atoms with Crippen LogP contribution >= 0.6 is 0 Å². The molecule has 2 aromatic carbocycles. The second-order valence-electron chi connectivity index (χ2n) is 5.12. The average molecular weight is 356 g/mol. The molecule has 0 unspecified atom stereocenters. The molecule has 0 heterocycles. The van der Waals surface area contributed by atoms with Gasteiger partial charge in [0.1, 0.15) is 0 Å². The molecule has 0 saturated carbocycles. The predicted octanol–water partition coefficient (Wildman–Crippen LogP) is 3.63. The fraction of sp³-hybridized carbons (Fsp3) is 0.188. The van der Waals surface area contributed by atoms with Crippen molar-refractivity contribution in [3.63, 3.8) is 0 Å². The maximum Gasteiger partial charge on any atom is 0.394 e. The van der Waals surface area contributed by atoms with Gasteiger partial charge >= 0.3 is 6.18 Å². The Morgan fingerprint density at radius 1 is 1.04 bits per heavy atom. The summed E-state index contributed by atoms with van der Waals surface area (Å²) in [6.07, 6.45) is -5.85. The van der Waals surface area contributed by atoms with E-state index in [0.717, 1.165) is 5.56 Å². The van der Waals surface area contributed by atoms with Crippen molar-refractivity contribution >= 4 is 15.7 Å². The van der Waals surface area contributed by atoms with Crippen LogP contribution in [-0.2, 0) is 10.0 Å². The Kier molecular flexibility index (Phi) is 5.28. The van der Waals surface area contributed by atoms with Crippen LogP contribution in [0.15, 0.2) is 64.6 Å². The van der Waals surface area contributed by atoms with E-state index in [0.29, 0.717) is 0 Å². The van der Waals surface area contributed by atoms with E-state index in [2.05, 4.69) is 5.10 Å². The molecule has 0 aromatic heterocycles. The Labute approximate surface area is 138 Å². The lowest BCUT2D eigenvalue weighted by Gasteiger charge is -2.11. The summed E-state index contributed by atoms with van der Waals surface area (Å²) < 4.78 is 62.5. The highest BCUT2D eigenvalue weighted by Gasteiger charge is 2.30. The van der Waals surface area contributed by atoms with Gasteiger partial charge in [-0.3, -0.25) is 0 Å². The van der Waals surface area contributed by atoms with Crippen molar-refractivity contribution < 1.29 is 21.6 Å². The summed E-state index contributed by atoms with van der Waals surface area (Å²) in [6, 6.07) is 13.5. The van der Waals surface area contributed by atoms with Crippen LogP contribution in [-0.4, -0.2) is 20.3 Å². The minimum atomic E-state index is -4.51. The van der Waals surface area contributed by atoms with Crippen LogP contribution in [0.2, 0.25) is 0 Å². The normalized spacial score (nSPS) is 12.9. The Balaban J connectivity index is 2.31. The van der Waals surface area contributed by atoms with Crippen LogP contribution in [0.5, 0.6) is 0 Å². The lowest BCUT2D eigenvalue weighted by atomic mass is 10.1. The minimum Gasteiger partial charge on any atom is -0.200 e. The van der Waals surface area contributed by atoms with Gasteiger partial charge in [0, 0.05) is 0 Å². The molecule has 0 aliphatic carbocycles. The Bertz CT molecular complexity index is 815. The Morgan fingerprint density at radius 2 is 1.62 bits per heavy atom. The summed E-state index contributed by atoms with van der Waals surface area (Å²) in [5, 5.41) is 3.51. The van der Waals surface area contributed by atoms with E-state index in [4.69, 9.17) is 0 Å². The maximum atomic E-state index is 12.7. The second kappa shape index (κ2) is 7.04. The van der Waals surface area contributed by atoms with E-state index in [1.807, 2.05) is 4.83 Å². The van der Waals surface area contributed by atoms with Gasteiger partial charge in [-0.1, -0.05) is 48.0 Å². The van der Waals surface area contributed by atoms with Gasteiger partial charge < -0.3 is 0 Å². The molecule has 0 spiro atoms. The van der Waals surface area contributed by atoms with Crippen molar-refractivity contribution in [3.05, 3.63) is 65.7 Å². The number of sulfonamides is 1. The Morgan fingerprint density at radius 3 is 2.17 bits per heavy atom. The average Bonchev–Trinajstić information content (AvgIpc) is 2.52. The van der Waals surface area contributed by atoms with Gasteiger partial charge in [-0.25, -0.2) is 0 Å². The van der Waals surface area contributed by atoms with Gasteiger partial charge in [-0.05, 0) is 24.6 Å². The first-order chi connectivity index (χ1) is 11.2. The van der Waals surface area contributed by atoms with Crippen molar-refractivity contribution in [3.8, 4) is 0 Å². The van der Waals surface area contributed by atoms with Gasteiger partial charge in [0.05, 0.1) is 17.0 Å². The molecule has 24 heavy (non-hydrogen) atoms. The van der Waals surface area contributed by atoms with E-state index in [-0.39, 0.29) is 10.5 Å². The van der Waals surface area contributed by atoms with Crippen LogP contribution in [0, 0.1) is 6.92 Å². The highest BCUT2D eigenvalue weighted by Crippen LogP contribution is 2.23. The number of nitrogens with zero attached hydrogens (tertiary/aromatic N) is 1. The van der Waals surface area contributed by atoms with Crippen LogP contribution in [0.1, 0.15) is 17.5 Å². The molecule has 128 valence electrons. The highest BCUT2D eigenvalue weighted by molar-refractivity contribution is 7.89. The lowest BCUT2D eigenvalue weighted by Crippen LogP contribution is -2.23. The van der Waals surface area contributed by atoms with Crippen LogP contribution < -0.4 is 4.83 Å². The summed E-state index contributed by atoms with van der Waals surface area (Å²) in [4.78, 5) is 1.80. The number of hydrogen-bond donors (Lipinski definition) is 1. The SMILES string of the molecule is Cc1ccc(S(=O)(=O)NN=C(CC(F)(F)F)c2ccccc2)cc1. The number of aryl methyl sites for hydroxylation is 1. The van der Waals surface area contributed by atoms with Crippen LogP contribution in [0.3, 0.4) is 0 Å². The lowest BCUT2D eigenvalue weighted by molar-refractivity contribution is -0.121. The van der Waals surface area contributed by atoms with Crippen molar-refractivity contribution in [1.82, 2.24) is 4.83 Å². The van der Waals surface area contributed by atoms with E-state index in [1.54, 1.807) is 37.3 Å². The molecule has 4 nitrogen and oxygen atoms in total. The zero-order valence-corrected chi connectivity index (χ0v) is 13.5. The fourth-order valence-electron chi connectivity index (χ4n) is 1.91. The molecule has 0 radical (unpaired) electrons. The molecular formula is C16H15F3N2O2S. The standard InChI is InChI=1S/C16H15F3N2O2S/c1-12-7-9-14(10-8-12)24(22,23)21-20-15(11-16(17,18)19)13-5-3-2-4-6-13/h2-10,21H,11H2,1H3. The zero-order chi connectivity index (χ0) is 17.8. The number of alkyl halides is 3. The van der Waals surface area contributed by atoms with Gasteiger partial charge in [0.15, 0.2) is 0 Å². The molecule has 0 atom stereocenters. The second-order valence-corrected chi connectivity index (χ2v) is 6.79. The first-order valence-corrected chi connectivity index (χ1v) is 8.43. The molecule has 8 heteroatoms. The van der Waals surface area contributed by atoms with Gasteiger partial charge in [-0.15, -0.1) is 0 Å². The molecule has 0 saturated heterocycles. The maximum absolute atomic E-state index is 12.7. The molecule has 0 bridgehead atoms. The van der Waals surface area contributed by atoms with Crippen molar-refractivity contribution in [2.45, 2.75) is 24.4 Å². The smallest absolute Gasteiger partial charge is 0.200 e. The van der Waals surface area contributed by atoms with E-state index in [9.17, 15) is 21.6 Å². The van der Waals surface area contributed by atoms with E-state index < -0.39 is 28.3 Å². The number of halogens is 3. The van der Waals surface area contributed by atoms with Crippen LogP contribution in [0.4, 0.5) is 13.2 Å². The molecular weight excluding hydrogens is 341 g/mol. The van der Waals surface area contributed by atoms with Gasteiger partial charge in [-0.2, -0.15) is 31.5 Å².